The van der Waals surface area contributed by atoms with Crippen LogP contribution < -0.4 is 0 Å². The van der Waals surface area contributed by atoms with E-state index in [0.717, 1.165) is 19.3 Å². The van der Waals surface area contributed by atoms with Gasteiger partial charge >= 0.3 is 0 Å². The van der Waals surface area contributed by atoms with Gasteiger partial charge in [-0.25, -0.2) is 8.42 Å². The Bertz CT molecular complexity index is 613. The van der Waals surface area contributed by atoms with Crippen molar-refractivity contribution in [3.63, 3.8) is 0 Å². The quantitative estimate of drug-likeness (QED) is 0.882. The van der Waals surface area contributed by atoms with Crippen molar-refractivity contribution in [3.8, 4) is 0 Å². The number of hydrogen-bond acceptors (Lipinski definition) is 3. The molecule has 1 N–H and O–H groups in total. The first-order valence-electron chi connectivity index (χ1n) is 7.16. The molecule has 0 spiro atoms. The van der Waals surface area contributed by atoms with Crippen LogP contribution >= 0.6 is 15.9 Å². The number of aliphatic hydroxyl groups excluding tert-OH is 1. The summed E-state index contributed by atoms with van der Waals surface area (Å²) < 4.78 is 27.8. The molecule has 2 rings (SSSR count). The molecule has 0 bridgehead atoms. The van der Waals surface area contributed by atoms with Crippen LogP contribution in [0, 0.1) is 5.41 Å². The first-order chi connectivity index (χ1) is 9.76. The summed E-state index contributed by atoms with van der Waals surface area (Å²) in [6, 6.07) is 4.95. The molecule has 1 aromatic carbocycles. The van der Waals surface area contributed by atoms with Crippen molar-refractivity contribution in [3.05, 3.63) is 28.2 Å². The number of sulfonamides is 1. The Balaban J connectivity index is 2.33. The van der Waals surface area contributed by atoms with Crippen molar-refractivity contribution in [1.29, 1.82) is 0 Å². The van der Waals surface area contributed by atoms with Gasteiger partial charge in [-0.15, -0.1) is 0 Å². The number of nitrogens with zero attached hydrogens (tertiary/aromatic N) is 1. The summed E-state index contributed by atoms with van der Waals surface area (Å²) in [5.74, 6) is 0. The van der Waals surface area contributed by atoms with Crippen molar-refractivity contribution in [2.24, 2.45) is 5.41 Å². The third-order valence-electron chi connectivity index (χ3n) is 4.10. The van der Waals surface area contributed by atoms with E-state index in [0.29, 0.717) is 23.1 Å². The summed E-state index contributed by atoms with van der Waals surface area (Å²) in [4.78, 5) is 0.244. The lowest BCUT2D eigenvalue weighted by atomic mass is 9.85. The van der Waals surface area contributed by atoms with Crippen LogP contribution in [-0.4, -0.2) is 30.9 Å². The molecule has 1 saturated heterocycles. The first kappa shape index (κ1) is 16.9. The molecule has 0 aromatic heterocycles. The van der Waals surface area contributed by atoms with Gasteiger partial charge in [0.1, 0.15) is 0 Å². The number of halogens is 1. The van der Waals surface area contributed by atoms with Crippen molar-refractivity contribution < 1.29 is 13.5 Å². The van der Waals surface area contributed by atoms with E-state index in [2.05, 4.69) is 29.8 Å². The molecule has 4 nitrogen and oxygen atoms in total. The average molecular weight is 376 g/mol. The van der Waals surface area contributed by atoms with Gasteiger partial charge in [-0.3, -0.25) is 0 Å². The highest BCUT2D eigenvalue weighted by Gasteiger charge is 2.31. The summed E-state index contributed by atoms with van der Waals surface area (Å²) >= 11 is 3.32. The predicted octanol–water partition coefficient (Wildman–Crippen LogP) is 3.14. The summed E-state index contributed by atoms with van der Waals surface area (Å²) in [6.45, 7) is 5.31. The standard InChI is InChI=1S/C15H22BrNO3S/c1-15(2)6-3-8-17(9-7-15)21(19,20)14-10-12(11-18)4-5-13(14)16/h4-5,10,18H,3,6-9,11H2,1-2H3. The average Bonchev–Trinajstić information content (AvgIpc) is 2.60. The molecule has 0 saturated carbocycles. The van der Waals surface area contributed by atoms with Crippen molar-refractivity contribution >= 4 is 26.0 Å². The van der Waals surface area contributed by atoms with Gasteiger partial charge < -0.3 is 5.11 Å². The van der Waals surface area contributed by atoms with Gasteiger partial charge in [0.15, 0.2) is 0 Å². The van der Waals surface area contributed by atoms with Crippen LogP contribution in [0.5, 0.6) is 0 Å². The van der Waals surface area contributed by atoms with Crippen LogP contribution in [-0.2, 0) is 16.6 Å². The number of hydrogen-bond donors (Lipinski definition) is 1. The van der Waals surface area contributed by atoms with E-state index in [1.807, 2.05) is 0 Å². The third kappa shape index (κ3) is 3.86. The Hall–Kier alpha value is -0.430. The maximum atomic E-state index is 12.9. The highest BCUT2D eigenvalue weighted by molar-refractivity contribution is 9.10. The Morgan fingerprint density at radius 2 is 2.00 bits per heavy atom. The largest absolute Gasteiger partial charge is 0.392 e. The van der Waals surface area contributed by atoms with E-state index in [4.69, 9.17) is 0 Å². The Kier molecular flexibility index (Phi) is 5.13. The van der Waals surface area contributed by atoms with Crippen molar-refractivity contribution in [2.45, 2.75) is 44.6 Å². The van der Waals surface area contributed by atoms with Crippen LogP contribution in [0.4, 0.5) is 0 Å². The molecule has 1 fully saturated rings. The summed E-state index contributed by atoms with van der Waals surface area (Å²) in [5, 5.41) is 9.22. The molecule has 1 aliphatic heterocycles. The first-order valence-corrected chi connectivity index (χ1v) is 9.39. The van der Waals surface area contributed by atoms with Gasteiger partial charge in [0.2, 0.25) is 10.0 Å². The Morgan fingerprint density at radius 1 is 1.29 bits per heavy atom. The summed E-state index contributed by atoms with van der Waals surface area (Å²) in [5.41, 5.74) is 0.793. The fourth-order valence-corrected chi connectivity index (χ4v) is 5.08. The van der Waals surface area contributed by atoms with E-state index in [-0.39, 0.29) is 16.9 Å². The van der Waals surface area contributed by atoms with E-state index in [9.17, 15) is 13.5 Å². The molecule has 1 heterocycles. The van der Waals surface area contributed by atoms with Gasteiger partial charge in [0.05, 0.1) is 11.5 Å². The Labute approximate surface area is 135 Å². The maximum Gasteiger partial charge on any atom is 0.244 e. The number of aliphatic hydroxyl groups is 1. The molecule has 118 valence electrons. The number of rotatable bonds is 3. The lowest BCUT2D eigenvalue weighted by Crippen LogP contribution is -2.32. The molecule has 0 amide bonds. The van der Waals surface area contributed by atoms with E-state index < -0.39 is 10.0 Å². The summed E-state index contributed by atoms with van der Waals surface area (Å²) in [6.07, 6.45) is 2.78. The van der Waals surface area contributed by atoms with Crippen molar-refractivity contribution in [1.82, 2.24) is 4.31 Å². The molecule has 6 heteroatoms. The van der Waals surface area contributed by atoms with Crippen molar-refractivity contribution in [2.75, 3.05) is 13.1 Å². The molecule has 1 aliphatic rings. The smallest absolute Gasteiger partial charge is 0.244 e. The van der Waals surface area contributed by atoms with E-state index >= 15 is 0 Å². The third-order valence-corrected chi connectivity index (χ3v) is 6.99. The monoisotopic (exact) mass is 375 g/mol. The maximum absolute atomic E-state index is 12.9. The molecule has 0 unspecified atom stereocenters. The minimum Gasteiger partial charge on any atom is -0.392 e. The second-order valence-corrected chi connectivity index (χ2v) is 9.11. The summed E-state index contributed by atoms with van der Waals surface area (Å²) in [7, 11) is -3.52. The zero-order chi connectivity index (χ0) is 15.7. The van der Waals surface area contributed by atoms with Crippen LogP contribution in [0.2, 0.25) is 0 Å². The SMILES string of the molecule is CC1(C)CCCN(S(=O)(=O)c2cc(CO)ccc2Br)CC1. The van der Waals surface area contributed by atoms with Gasteiger partial charge in [-0.2, -0.15) is 4.31 Å². The minimum atomic E-state index is -3.52. The zero-order valence-corrected chi connectivity index (χ0v) is 14.9. The van der Waals surface area contributed by atoms with E-state index in [1.165, 1.54) is 0 Å². The molecular formula is C15H22BrNO3S. The minimum absolute atomic E-state index is 0.164. The van der Waals surface area contributed by atoms with E-state index in [1.54, 1.807) is 22.5 Å². The van der Waals surface area contributed by atoms with Crippen LogP contribution in [0.3, 0.4) is 0 Å². The normalized spacial score (nSPS) is 20.2. The van der Waals surface area contributed by atoms with Crippen LogP contribution in [0.1, 0.15) is 38.7 Å². The van der Waals surface area contributed by atoms with Gasteiger partial charge in [-0.1, -0.05) is 19.9 Å². The number of benzene rings is 1. The molecule has 0 atom stereocenters. The fourth-order valence-electron chi connectivity index (χ4n) is 2.62. The molecular weight excluding hydrogens is 354 g/mol. The van der Waals surface area contributed by atoms with Gasteiger partial charge in [-0.05, 0) is 58.3 Å². The van der Waals surface area contributed by atoms with Crippen LogP contribution in [0.25, 0.3) is 0 Å². The topological polar surface area (TPSA) is 57.6 Å². The lowest BCUT2D eigenvalue weighted by Gasteiger charge is -2.23. The second-order valence-electron chi connectivity index (χ2n) is 6.34. The molecule has 0 aliphatic carbocycles. The predicted molar refractivity (Wildman–Crippen MR) is 86.5 cm³/mol. The lowest BCUT2D eigenvalue weighted by molar-refractivity contribution is 0.281. The molecule has 0 radical (unpaired) electrons. The second kappa shape index (κ2) is 6.36. The Morgan fingerprint density at radius 3 is 2.67 bits per heavy atom. The van der Waals surface area contributed by atoms with Gasteiger partial charge in [0, 0.05) is 17.6 Å². The highest BCUT2D eigenvalue weighted by Crippen LogP contribution is 2.33. The molecule has 1 aromatic rings. The fraction of sp³-hybridized carbons (Fsp3) is 0.600. The molecule has 21 heavy (non-hydrogen) atoms. The highest BCUT2D eigenvalue weighted by atomic mass is 79.9. The van der Waals surface area contributed by atoms with Gasteiger partial charge in [0.25, 0.3) is 0 Å². The zero-order valence-electron chi connectivity index (χ0n) is 12.5. The van der Waals surface area contributed by atoms with Crippen LogP contribution in [0.15, 0.2) is 27.6 Å².